The zero-order valence-electron chi connectivity index (χ0n) is 48.6. The molecule has 0 N–H and O–H groups in total. The van der Waals surface area contributed by atoms with Crippen LogP contribution in [0.25, 0.3) is 49.7 Å². The van der Waals surface area contributed by atoms with E-state index in [4.69, 9.17) is 8.83 Å². The second kappa shape index (κ2) is 23.4. The number of anilines is 3. The monoisotopic (exact) mass is 1060 g/mol. The molecule has 6 aromatic carbocycles. The fraction of sp³-hybridized carbons (Fsp3) is 0.247. The first kappa shape index (κ1) is 54.6. The third kappa shape index (κ3) is 9.27. The number of fused-ring (bicyclic) bond motifs is 6. The van der Waals surface area contributed by atoms with Crippen molar-refractivity contribution in [3.63, 3.8) is 0 Å². The zero-order valence-corrected chi connectivity index (χ0v) is 48.6. The van der Waals surface area contributed by atoms with Crippen LogP contribution in [-0.2, 0) is 5.41 Å². The van der Waals surface area contributed by atoms with Gasteiger partial charge in [0.1, 0.15) is 11.5 Å². The van der Waals surface area contributed by atoms with E-state index in [1.165, 1.54) is 94.1 Å². The molecule has 0 atom stereocenters. The van der Waals surface area contributed by atoms with Crippen LogP contribution in [0.3, 0.4) is 0 Å². The van der Waals surface area contributed by atoms with Gasteiger partial charge in [0.25, 0.3) is 0 Å². The Balaban J connectivity index is 1.19. The van der Waals surface area contributed by atoms with Crippen LogP contribution < -0.4 is 9.80 Å². The topological polar surface area (TPSA) is 32.8 Å². The minimum Gasteiger partial charge on any atom is -0.454 e. The highest BCUT2D eigenvalue weighted by molar-refractivity contribution is 6.11. The molecule has 0 amide bonds. The number of para-hydroxylation sites is 1. The molecule has 0 saturated heterocycles. The summed E-state index contributed by atoms with van der Waals surface area (Å²) in [6, 6.07) is 49.2. The first-order chi connectivity index (χ1) is 39.7. The Bertz CT molecular complexity index is 3830. The van der Waals surface area contributed by atoms with Gasteiger partial charge in [0.2, 0.25) is 0 Å². The van der Waals surface area contributed by atoms with E-state index in [-0.39, 0.29) is 12.1 Å². The Labute approximate surface area is 481 Å². The quantitative estimate of drug-likeness (QED) is 0.0851. The Morgan fingerprint density at radius 3 is 1.62 bits per heavy atom. The fourth-order valence-electron chi connectivity index (χ4n) is 14.2. The molecule has 2 saturated carbocycles. The Kier molecular flexibility index (Phi) is 15.8. The number of hydrogen-bond acceptors (Lipinski definition) is 4. The largest absolute Gasteiger partial charge is 0.454 e. The van der Waals surface area contributed by atoms with Gasteiger partial charge in [-0.25, -0.2) is 0 Å². The summed E-state index contributed by atoms with van der Waals surface area (Å²) >= 11 is 0. The van der Waals surface area contributed by atoms with Gasteiger partial charge in [-0.3, -0.25) is 0 Å². The number of allylic oxidation sites excluding steroid dienone is 13. The SMILES string of the molecule is C=C/C=C(C=C)/C(=C/C)c1oc(/C(=C\C)N(c2ccc3c(c2)C(c2ccccc2)(c2ccccc2)c2cc(N(c4cccc5c(C)c(C(=C\C)/C(C=C)=C/C=C)oc45)C4CCCCC4)c4ccccc4c2-3)C2CCCCC2)c(C)c1C. The molecule has 0 spiro atoms. The maximum atomic E-state index is 7.28. The van der Waals surface area contributed by atoms with Gasteiger partial charge >= 0.3 is 0 Å². The molecule has 2 aromatic heterocycles. The summed E-state index contributed by atoms with van der Waals surface area (Å²) in [5.41, 5.74) is 19.7. The van der Waals surface area contributed by atoms with E-state index in [0.29, 0.717) is 0 Å². The van der Waals surface area contributed by atoms with Crippen molar-refractivity contribution in [1.82, 2.24) is 0 Å². The Morgan fingerprint density at radius 2 is 1.05 bits per heavy atom. The number of rotatable bonds is 17. The summed E-state index contributed by atoms with van der Waals surface area (Å²) in [4.78, 5) is 5.35. The average Bonchev–Trinajstić information content (AvgIpc) is 4.34. The summed E-state index contributed by atoms with van der Waals surface area (Å²) in [5.74, 6) is 2.63. The number of furan rings is 2. The second-order valence-electron chi connectivity index (χ2n) is 22.3. The summed E-state index contributed by atoms with van der Waals surface area (Å²) in [6.07, 6.45) is 29.6. The van der Waals surface area contributed by atoms with Crippen LogP contribution in [0.4, 0.5) is 17.1 Å². The smallest absolute Gasteiger partial charge is 0.158 e. The van der Waals surface area contributed by atoms with Crippen LogP contribution >= 0.6 is 0 Å². The van der Waals surface area contributed by atoms with Gasteiger partial charge in [0.05, 0.1) is 16.8 Å². The molecule has 0 unspecified atom stereocenters. The highest BCUT2D eigenvalue weighted by Crippen LogP contribution is 2.61. The number of aryl methyl sites for hydroxylation is 1. The lowest BCUT2D eigenvalue weighted by Gasteiger charge is -2.40. The second-order valence-corrected chi connectivity index (χ2v) is 22.3. The van der Waals surface area contributed by atoms with Crippen molar-refractivity contribution >= 4 is 55.6 Å². The molecule has 0 bridgehead atoms. The Hall–Kier alpha value is -8.34. The average molecular weight is 1060 g/mol. The number of hydrogen-bond donors (Lipinski definition) is 0. The lowest BCUT2D eigenvalue weighted by Crippen LogP contribution is -2.36. The molecule has 8 aromatic rings. The minimum atomic E-state index is -0.710. The molecule has 0 radical (unpaired) electrons. The fourth-order valence-corrected chi connectivity index (χ4v) is 14.2. The van der Waals surface area contributed by atoms with E-state index in [0.717, 1.165) is 104 Å². The number of nitrogens with zero attached hydrogens (tertiary/aromatic N) is 2. The molecular formula is C77H78N2O2. The Morgan fingerprint density at radius 1 is 0.506 bits per heavy atom. The van der Waals surface area contributed by atoms with E-state index in [1.807, 2.05) is 36.5 Å². The van der Waals surface area contributed by atoms with Gasteiger partial charge in [0, 0.05) is 56.5 Å². The zero-order chi connectivity index (χ0) is 56.4. The highest BCUT2D eigenvalue weighted by atomic mass is 16.3. The van der Waals surface area contributed by atoms with Crippen molar-refractivity contribution in [2.45, 2.75) is 123 Å². The van der Waals surface area contributed by atoms with E-state index < -0.39 is 5.41 Å². The van der Waals surface area contributed by atoms with Crippen molar-refractivity contribution in [2.75, 3.05) is 9.80 Å². The van der Waals surface area contributed by atoms with Crippen molar-refractivity contribution < 1.29 is 8.83 Å². The lowest BCUT2D eigenvalue weighted by molar-refractivity contribution is 0.433. The lowest BCUT2D eigenvalue weighted by atomic mass is 9.67. The molecule has 4 nitrogen and oxygen atoms in total. The van der Waals surface area contributed by atoms with E-state index in [2.05, 4.69) is 223 Å². The van der Waals surface area contributed by atoms with Crippen molar-refractivity contribution in [3.8, 4) is 11.1 Å². The summed E-state index contributed by atoms with van der Waals surface area (Å²) in [5, 5.41) is 3.59. The van der Waals surface area contributed by atoms with Gasteiger partial charge in [-0.15, -0.1) is 0 Å². The van der Waals surface area contributed by atoms with Crippen LogP contribution in [0.5, 0.6) is 0 Å². The molecule has 2 heterocycles. The molecule has 3 aliphatic rings. The van der Waals surface area contributed by atoms with E-state index >= 15 is 0 Å². The maximum Gasteiger partial charge on any atom is 0.158 e. The molecule has 3 aliphatic carbocycles. The van der Waals surface area contributed by atoms with E-state index in [1.54, 1.807) is 0 Å². The molecule has 11 rings (SSSR count). The van der Waals surface area contributed by atoms with Crippen molar-refractivity contribution in [1.29, 1.82) is 0 Å². The van der Waals surface area contributed by atoms with Crippen molar-refractivity contribution in [2.24, 2.45) is 0 Å². The third-order valence-electron chi connectivity index (χ3n) is 18.1. The van der Waals surface area contributed by atoms with Gasteiger partial charge in [-0.1, -0.05) is 223 Å². The van der Waals surface area contributed by atoms with E-state index in [9.17, 15) is 0 Å². The first-order valence-corrected chi connectivity index (χ1v) is 29.6. The number of benzene rings is 6. The van der Waals surface area contributed by atoms with Crippen LogP contribution in [0, 0.1) is 20.8 Å². The first-order valence-electron chi connectivity index (χ1n) is 29.6. The molecule has 81 heavy (non-hydrogen) atoms. The standard InChI is InChI=1S/C77H78N2O2/c1-11-33-54(13-3)61(15-5)73-51(8)52(9)75(80-73)69(17-7)78(58-39-26-20-27-40-58)60-47-48-66-67(49-60)77(56-35-22-18-23-36-56,57-37-24-19-25-38-57)68-50-71(64-43-30-31-44-65(64)72(66)68)79(59-41-28-21-29-42-59)70-46-32-45-63-53(10)74(81-76(63)70)62(16-6)55(14-4)34-12-2/h11-19,22-25,30-38,43-50,58-59H,1-4,20-21,26-29,39-42H2,5-10H3/b54-33+,55-34+,61-15-,62-16-,69-17+. The van der Waals surface area contributed by atoms with Crippen LogP contribution in [-0.4, -0.2) is 12.1 Å². The predicted octanol–water partition coefficient (Wildman–Crippen LogP) is 21.5. The molecule has 0 aliphatic heterocycles. The summed E-state index contributed by atoms with van der Waals surface area (Å²) in [6.45, 7) is 29.4. The summed E-state index contributed by atoms with van der Waals surface area (Å²) in [7, 11) is 0. The molecule has 408 valence electrons. The van der Waals surface area contributed by atoms with Crippen molar-refractivity contribution in [3.05, 3.63) is 276 Å². The van der Waals surface area contributed by atoms with Gasteiger partial charge in [-0.05, 0) is 147 Å². The van der Waals surface area contributed by atoms with Gasteiger partial charge in [0.15, 0.2) is 11.3 Å². The highest BCUT2D eigenvalue weighted by Gasteiger charge is 2.48. The predicted molar refractivity (Wildman–Crippen MR) is 347 cm³/mol. The van der Waals surface area contributed by atoms with Gasteiger partial charge in [-0.2, -0.15) is 0 Å². The normalized spacial score (nSPS) is 16.3. The van der Waals surface area contributed by atoms with Crippen LogP contribution in [0.2, 0.25) is 0 Å². The molecule has 4 heteroatoms. The summed E-state index contributed by atoms with van der Waals surface area (Å²) < 4.78 is 14.5. The molecular weight excluding hydrogens is 985 g/mol. The third-order valence-corrected chi connectivity index (χ3v) is 18.1. The molecule has 2 fully saturated rings. The minimum absolute atomic E-state index is 0.242. The van der Waals surface area contributed by atoms with Gasteiger partial charge < -0.3 is 18.6 Å². The van der Waals surface area contributed by atoms with Crippen LogP contribution in [0.15, 0.2) is 228 Å². The maximum absolute atomic E-state index is 7.28. The van der Waals surface area contributed by atoms with Crippen LogP contribution in [0.1, 0.15) is 141 Å².